The first-order valence-electron chi connectivity index (χ1n) is 7.85. The first kappa shape index (κ1) is 16.5. The minimum atomic E-state index is -3.35. The van der Waals surface area contributed by atoms with Crippen LogP contribution < -0.4 is 5.32 Å². The van der Waals surface area contributed by atoms with Crippen LogP contribution in [0.2, 0.25) is 0 Å². The van der Waals surface area contributed by atoms with Gasteiger partial charge in [-0.25, -0.2) is 8.42 Å². The van der Waals surface area contributed by atoms with Gasteiger partial charge in [-0.1, -0.05) is 20.3 Å². The van der Waals surface area contributed by atoms with E-state index in [0.717, 1.165) is 31.5 Å². The molecule has 0 saturated carbocycles. The minimum Gasteiger partial charge on any atom is -0.352 e. The summed E-state index contributed by atoms with van der Waals surface area (Å²) in [5.74, 6) is 0.499. The molecule has 1 fully saturated rings. The Balaban J connectivity index is 2.19. The van der Waals surface area contributed by atoms with E-state index in [2.05, 4.69) is 12.2 Å². The van der Waals surface area contributed by atoms with Gasteiger partial charge in [0.05, 0.1) is 0 Å². The lowest BCUT2D eigenvalue weighted by molar-refractivity contribution is 0.261. The molecule has 0 bridgehead atoms. The first-order chi connectivity index (χ1) is 9.98. The monoisotopic (exact) mass is 313 g/mol. The van der Waals surface area contributed by atoms with E-state index in [9.17, 15) is 8.42 Å². The van der Waals surface area contributed by atoms with Crippen LogP contribution in [0.5, 0.6) is 0 Å². The largest absolute Gasteiger partial charge is 0.352 e. The standard InChI is InChI=1S/C15H27N3O2S/c1-4-13-7-6-8-18(11-13)21(19,20)15-9-14(10-16-5-2)17(3)12-15/h9,12-13,16H,4-8,10-11H2,1-3H3. The van der Waals surface area contributed by atoms with Crippen LogP contribution in [-0.4, -0.2) is 36.9 Å². The van der Waals surface area contributed by atoms with Crippen molar-refractivity contribution in [3.63, 3.8) is 0 Å². The van der Waals surface area contributed by atoms with Crippen molar-refractivity contribution in [2.45, 2.75) is 44.6 Å². The molecule has 1 unspecified atom stereocenters. The maximum Gasteiger partial charge on any atom is 0.244 e. The van der Waals surface area contributed by atoms with Gasteiger partial charge in [0.2, 0.25) is 10.0 Å². The summed E-state index contributed by atoms with van der Waals surface area (Å²) < 4.78 is 29.1. The van der Waals surface area contributed by atoms with Gasteiger partial charge in [-0.2, -0.15) is 4.31 Å². The molecule has 2 heterocycles. The number of hydrogen-bond donors (Lipinski definition) is 1. The number of aromatic nitrogens is 1. The summed E-state index contributed by atoms with van der Waals surface area (Å²) in [5.41, 5.74) is 1.000. The van der Waals surface area contributed by atoms with Crippen molar-refractivity contribution < 1.29 is 8.42 Å². The molecule has 1 saturated heterocycles. The van der Waals surface area contributed by atoms with Crippen molar-refractivity contribution in [3.05, 3.63) is 18.0 Å². The van der Waals surface area contributed by atoms with Crippen LogP contribution in [0.15, 0.2) is 17.2 Å². The van der Waals surface area contributed by atoms with Crippen LogP contribution >= 0.6 is 0 Å². The van der Waals surface area contributed by atoms with Gasteiger partial charge >= 0.3 is 0 Å². The Morgan fingerprint density at radius 3 is 2.81 bits per heavy atom. The molecule has 0 radical (unpaired) electrons. The van der Waals surface area contributed by atoms with Gasteiger partial charge in [-0.3, -0.25) is 0 Å². The Hall–Kier alpha value is -0.850. The van der Waals surface area contributed by atoms with Gasteiger partial charge in [0.1, 0.15) is 4.90 Å². The van der Waals surface area contributed by atoms with Gasteiger partial charge in [-0.15, -0.1) is 0 Å². The van der Waals surface area contributed by atoms with Crippen molar-refractivity contribution in [1.29, 1.82) is 0 Å². The second-order valence-corrected chi connectivity index (χ2v) is 7.78. The third-order valence-electron chi connectivity index (χ3n) is 4.34. The summed E-state index contributed by atoms with van der Waals surface area (Å²) in [6.45, 7) is 7.06. The normalized spacial score (nSPS) is 20.8. The molecule has 1 atom stereocenters. The highest BCUT2D eigenvalue weighted by molar-refractivity contribution is 7.89. The van der Waals surface area contributed by atoms with Crippen LogP contribution in [0, 0.1) is 5.92 Å². The third kappa shape index (κ3) is 3.67. The highest BCUT2D eigenvalue weighted by Crippen LogP contribution is 2.26. The molecular formula is C15H27N3O2S. The smallest absolute Gasteiger partial charge is 0.244 e. The number of hydrogen-bond acceptors (Lipinski definition) is 3. The Morgan fingerprint density at radius 1 is 1.38 bits per heavy atom. The van der Waals surface area contributed by atoms with E-state index in [4.69, 9.17) is 0 Å². The number of piperidine rings is 1. The van der Waals surface area contributed by atoms with E-state index in [1.807, 2.05) is 18.5 Å². The van der Waals surface area contributed by atoms with E-state index in [0.29, 0.717) is 30.4 Å². The molecule has 120 valence electrons. The molecule has 1 N–H and O–H groups in total. The average molecular weight is 313 g/mol. The van der Waals surface area contributed by atoms with E-state index in [1.54, 1.807) is 16.6 Å². The van der Waals surface area contributed by atoms with Crippen molar-refractivity contribution in [2.24, 2.45) is 13.0 Å². The van der Waals surface area contributed by atoms with Gasteiger partial charge < -0.3 is 9.88 Å². The predicted molar refractivity (Wildman–Crippen MR) is 84.6 cm³/mol. The Bertz CT molecular complexity index is 565. The highest BCUT2D eigenvalue weighted by Gasteiger charge is 2.30. The number of rotatable bonds is 6. The highest BCUT2D eigenvalue weighted by atomic mass is 32.2. The molecule has 1 aliphatic rings. The summed E-state index contributed by atoms with van der Waals surface area (Å²) in [6.07, 6.45) is 4.89. The zero-order chi connectivity index (χ0) is 15.5. The quantitative estimate of drug-likeness (QED) is 0.873. The number of aryl methyl sites for hydroxylation is 1. The van der Waals surface area contributed by atoms with Gasteiger partial charge in [0, 0.05) is 38.6 Å². The lowest BCUT2D eigenvalue weighted by Crippen LogP contribution is -2.39. The maximum atomic E-state index is 12.8. The summed E-state index contributed by atoms with van der Waals surface area (Å²) in [5, 5.41) is 3.24. The fourth-order valence-electron chi connectivity index (χ4n) is 2.87. The number of sulfonamides is 1. The second kappa shape index (κ2) is 6.94. The minimum absolute atomic E-state index is 0.426. The summed E-state index contributed by atoms with van der Waals surface area (Å²) in [7, 11) is -1.45. The fourth-order valence-corrected chi connectivity index (χ4v) is 4.53. The van der Waals surface area contributed by atoms with Crippen molar-refractivity contribution in [3.8, 4) is 0 Å². The summed E-state index contributed by atoms with van der Waals surface area (Å²) in [4.78, 5) is 0.426. The van der Waals surface area contributed by atoms with E-state index in [1.165, 1.54) is 0 Å². The number of nitrogens with zero attached hydrogens (tertiary/aromatic N) is 2. The van der Waals surface area contributed by atoms with Gasteiger partial charge in [0.25, 0.3) is 0 Å². The molecule has 0 spiro atoms. The maximum absolute atomic E-state index is 12.8. The van der Waals surface area contributed by atoms with E-state index >= 15 is 0 Å². The average Bonchev–Trinajstić information content (AvgIpc) is 2.87. The topological polar surface area (TPSA) is 54.3 Å². The molecule has 0 aromatic carbocycles. The number of nitrogens with one attached hydrogen (secondary N) is 1. The molecule has 1 aromatic rings. The molecule has 0 aliphatic carbocycles. The van der Waals surface area contributed by atoms with Crippen LogP contribution in [0.1, 0.15) is 38.8 Å². The Labute approximate surface area is 128 Å². The van der Waals surface area contributed by atoms with Crippen LogP contribution in [0.3, 0.4) is 0 Å². The zero-order valence-electron chi connectivity index (χ0n) is 13.3. The molecule has 1 aliphatic heterocycles. The molecule has 5 nitrogen and oxygen atoms in total. The molecule has 0 amide bonds. The predicted octanol–water partition coefficient (Wildman–Crippen LogP) is 1.95. The fraction of sp³-hybridized carbons (Fsp3) is 0.733. The van der Waals surface area contributed by atoms with Crippen LogP contribution in [0.25, 0.3) is 0 Å². The van der Waals surface area contributed by atoms with Crippen LogP contribution in [-0.2, 0) is 23.6 Å². The molecule has 6 heteroatoms. The molecular weight excluding hydrogens is 286 g/mol. The van der Waals surface area contributed by atoms with Crippen molar-refractivity contribution in [2.75, 3.05) is 19.6 Å². The molecule has 21 heavy (non-hydrogen) atoms. The second-order valence-electron chi connectivity index (χ2n) is 5.84. The summed E-state index contributed by atoms with van der Waals surface area (Å²) >= 11 is 0. The first-order valence-corrected chi connectivity index (χ1v) is 9.29. The lowest BCUT2D eigenvalue weighted by Gasteiger charge is -2.31. The van der Waals surface area contributed by atoms with Crippen molar-refractivity contribution in [1.82, 2.24) is 14.2 Å². The van der Waals surface area contributed by atoms with Crippen molar-refractivity contribution >= 4 is 10.0 Å². The third-order valence-corrected chi connectivity index (χ3v) is 6.17. The zero-order valence-corrected chi connectivity index (χ0v) is 14.1. The van der Waals surface area contributed by atoms with Crippen LogP contribution in [0.4, 0.5) is 0 Å². The lowest BCUT2D eigenvalue weighted by atomic mass is 9.97. The summed E-state index contributed by atoms with van der Waals surface area (Å²) in [6, 6.07) is 1.80. The Kier molecular flexibility index (Phi) is 5.46. The SMILES string of the molecule is CCNCc1cc(S(=O)(=O)N2CCCC(CC)C2)cn1C. The van der Waals surface area contributed by atoms with Gasteiger partial charge in [0.15, 0.2) is 0 Å². The van der Waals surface area contributed by atoms with E-state index in [-0.39, 0.29) is 0 Å². The Morgan fingerprint density at radius 2 is 2.14 bits per heavy atom. The van der Waals surface area contributed by atoms with Gasteiger partial charge in [-0.05, 0) is 31.4 Å². The van der Waals surface area contributed by atoms with E-state index < -0.39 is 10.0 Å². The molecule has 1 aromatic heterocycles. The molecule has 2 rings (SSSR count).